The standard InChI is InChI=1S/C12H23N5/c13-3-1-5-15-7-9-16(10-8-15)11-12-17-6-2-4-14-17/h2,4,6H,1,3,5,7-13H2. The van der Waals surface area contributed by atoms with Gasteiger partial charge in [0.2, 0.25) is 0 Å². The van der Waals surface area contributed by atoms with Gasteiger partial charge in [-0.3, -0.25) is 9.58 Å². The molecule has 0 saturated carbocycles. The van der Waals surface area contributed by atoms with Crippen LogP contribution in [0.1, 0.15) is 6.42 Å². The average Bonchev–Trinajstić information content (AvgIpc) is 2.88. The van der Waals surface area contributed by atoms with Crippen molar-refractivity contribution in [2.45, 2.75) is 13.0 Å². The summed E-state index contributed by atoms with van der Waals surface area (Å²) in [5.74, 6) is 0. The van der Waals surface area contributed by atoms with E-state index in [0.29, 0.717) is 0 Å². The van der Waals surface area contributed by atoms with Crippen molar-refractivity contribution in [2.24, 2.45) is 5.73 Å². The molecule has 1 aliphatic rings. The Bertz CT molecular complexity index is 290. The number of nitrogens with zero attached hydrogens (tertiary/aromatic N) is 4. The summed E-state index contributed by atoms with van der Waals surface area (Å²) in [7, 11) is 0. The summed E-state index contributed by atoms with van der Waals surface area (Å²) in [6.45, 7) is 8.76. The van der Waals surface area contributed by atoms with Crippen LogP contribution < -0.4 is 5.73 Å². The molecule has 96 valence electrons. The molecule has 1 saturated heterocycles. The Morgan fingerprint density at radius 1 is 1.00 bits per heavy atom. The molecule has 2 rings (SSSR count). The van der Waals surface area contributed by atoms with E-state index < -0.39 is 0 Å². The number of rotatable bonds is 6. The van der Waals surface area contributed by atoms with Gasteiger partial charge in [0.15, 0.2) is 0 Å². The Hall–Kier alpha value is -0.910. The zero-order chi connectivity index (χ0) is 11.9. The van der Waals surface area contributed by atoms with Gasteiger partial charge in [-0.25, -0.2) is 0 Å². The van der Waals surface area contributed by atoms with Crippen LogP contribution in [0.2, 0.25) is 0 Å². The largest absolute Gasteiger partial charge is 0.330 e. The van der Waals surface area contributed by atoms with Crippen LogP contribution in [0.4, 0.5) is 0 Å². The van der Waals surface area contributed by atoms with E-state index in [1.54, 1.807) is 0 Å². The van der Waals surface area contributed by atoms with E-state index in [1.165, 1.54) is 26.2 Å². The Balaban J connectivity index is 1.62. The molecule has 0 unspecified atom stereocenters. The molecule has 0 amide bonds. The molecule has 2 N–H and O–H groups in total. The fraction of sp³-hybridized carbons (Fsp3) is 0.750. The molecule has 1 fully saturated rings. The van der Waals surface area contributed by atoms with Crippen LogP contribution in [-0.4, -0.2) is 65.4 Å². The molecule has 2 heterocycles. The quantitative estimate of drug-likeness (QED) is 0.747. The van der Waals surface area contributed by atoms with Crippen LogP contribution in [0.25, 0.3) is 0 Å². The first kappa shape index (κ1) is 12.5. The van der Waals surface area contributed by atoms with Crippen LogP contribution in [0.5, 0.6) is 0 Å². The van der Waals surface area contributed by atoms with Crippen molar-refractivity contribution >= 4 is 0 Å². The summed E-state index contributed by atoms with van der Waals surface area (Å²) < 4.78 is 2.00. The maximum absolute atomic E-state index is 5.53. The molecule has 1 aromatic rings. The number of hydrogen-bond acceptors (Lipinski definition) is 4. The van der Waals surface area contributed by atoms with Gasteiger partial charge < -0.3 is 10.6 Å². The molecule has 0 bridgehead atoms. The highest BCUT2D eigenvalue weighted by atomic mass is 15.3. The zero-order valence-corrected chi connectivity index (χ0v) is 10.5. The number of aromatic nitrogens is 2. The van der Waals surface area contributed by atoms with E-state index in [9.17, 15) is 0 Å². The SMILES string of the molecule is NCCCN1CCN(CCn2cccn2)CC1. The van der Waals surface area contributed by atoms with Gasteiger partial charge in [-0.2, -0.15) is 5.10 Å². The third kappa shape index (κ3) is 4.11. The molecular weight excluding hydrogens is 214 g/mol. The molecule has 0 radical (unpaired) electrons. The maximum Gasteiger partial charge on any atom is 0.0536 e. The van der Waals surface area contributed by atoms with Crippen molar-refractivity contribution in [1.82, 2.24) is 19.6 Å². The van der Waals surface area contributed by atoms with Crippen molar-refractivity contribution in [3.8, 4) is 0 Å². The van der Waals surface area contributed by atoms with Crippen molar-refractivity contribution < 1.29 is 0 Å². The highest BCUT2D eigenvalue weighted by molar-refractivity contribution is 4.78. The maximum atomic E-state index is 5.53. The number of piperazine rings is 1. The average molecular weight is 237 g/mol. The molecule has 5 nitrogen and oxygen atoms in total. The van der Waals surface area contributed by atoms with Gasteiger partial charge in [-0.15, -0.1) is 0 Å². The smallest absolute Gasteiger partial charge is 0.0536 e. The van der Waals surface area contributed by atoms with Gasteiger partial charge >= 0.3 is 0 Å². The second-order valence-corrected chi connectivity index (χ2v) is 4.59. The Labute approximate surface area is 103 Å². The molecule has 0 aliphatic carbocycles. The summed E-state index contributed by atoms with van der Waals surface area (Å²) in [4.78, 5) is 5.03. The van der Waals surface area contributed by atoms with Gasteiger partial charge in [0.25, 0.3) is 0 Å². The van der Waals surface area contributed by atoms with E-state index in [1.807, 2.05) is 23.1 Å². The normalized spacial score (nSPS) is 18.6. The fourth-order valence-corrected chi connectivity index (χ4v) is 2.23. The molecule has 17 heavy (non-hydrogen) atoms. The van der Waals surface area contributed by atoms with Crippen LogP contribution in [0.15, 0.2) is 18.5 Å². The Morgan fingerprint density at radius 2 is 1.71 bits per heavy atom. The van der Waals surface area contributed by atoms with Crippen molar-refractivity contribution in [3.05, 3.63) is 18.5 Å². The lowest BCUT2D eigenvalue weighted by atomic mass is 10.3. The molecule has 0 spiro atoms. The van der Waals surface area contributed by atoms with Gasteiger partial charge in [0.1, 0.15) is 0 Å². The molecule has 5 heteroatoms. The van der Waals surface area contributed by atoms with E-state index >= 15 is 0 Å². The lowest BCUT2D eigenvalue weighted by Gasteiger charge is -2.34. The Kier molecular flexibility index (Phi) is 4.97. The van der Waals surface area contributed by atoms with Gasteiger partial charge in [0.05, 0.1) is 6.54 Å². The lowest BCUT2D eigenvalue weighted by molar-refractivity contribution is 0.128. The zero-order valence-electron chi connectivity index (χ0n) is 10.5. The number of nitrogens with two attached hydrogens (primary N) is 1. The van der Waals surface area contributed by atoms with E-state index in [2.05, 4.69) is 14.9 Å². The molecular formula is C12H23N5. The summed E-state index contributed by atoms with van der Waals surface area (Å²) >= 11 is 0. The molecule has 1 aliphatic heterocycles. The minimum atomic E-state index is 0.805. The molecule has 0 aromatic carbocycles. The van der Waals surface area contributed by atoms with Crippen LogP contribution >= 0.6 is 0 Å². The topological polar surface area (TPSA) is 50.3 Å². The first-order valence-electron chi connectivity index (χ1n) is 6.50. The summed E-state index contributed by atoms with van der Waals surface area (Å²) in [6.07, 6.45) is 4.98. The number of hydrogen-bond donors (Lipinski definition) is 1. The van der Waals surface area contributed by atoms with Gasteiger partial charge in [-0.05, 0) is 25.6 Å². The molecule has 0 atom stereocenters. The Morgan fingerprint density at radius 3 is 2.29 bits per heavy atom. The van der Waals surface area contributed by atoms with Crippen molar-refractivity contribution in [2.75, 3.05) is 45.8 Å². The van der Waals surface area contributed by atoms with E-state index in [4.69, 9.17) is 5.73 Å². The van der Waals surface area contributed by atoms with Crippen LogP contribution in [-0.2, 0) is 6.54 Å². The van der Waals surface area contributed by atoms with Gasteiger partial charge in [-0.1, -0.05) is 0 Å². The summed E-state index contributed by atoms with van der Waals surface area (Å²) in [5, 5.41) is 4.22. The predicted molar refractivity (Wildman–Crippen MR) is 68.8 cm³/mol. The first-order valence-corrected chi connectivity index (χ1v) is 6.50. The van der Waals surface area contributed by atoms with E-state index in [0.717, 1.165) is 32.6 Å². The fourth-order valence-electron chi connectivity index (χ4n) is 2.23. The van der Waals surface area contributed by atoms with Crippen molar-refractivity contribution in [3.63, 3.8) is 0 Å². The highest BCUT2D eigenvalue weighted by Crippen LogP contribution is 2.02. The first-order chi connectivity index (χ1) is 8.38. The third-order valence-corrected chi connectivity index (χ3v) is 3.35. The van der Waals surface area contributed by atoms with E-state index in [-0.39, 0.29) is 0 Å². The lowest BCUT2D eigenvalue weighted by Crippen LogP contribution is -2.47. The second kappa shape index (κ2) is 6.74. The van der Waals surface area contributed by atoms with Crippen LogP contribution in [0, 0.1) is 0 Å². The highest BCUT2D eigenvalue weighted by Gasteiger charge is 2.15. The minimum Gasteiger partial charge on any atom is -0.330 e. The molecule has 1 aromatic heterocycles. The second-order valence-electron chi connectivity index (χ2n) is 4.59. The minimum absolute atomic E-state index is 0.805. The third-order valence-electron chi connectivity index (χ3n) is 3.35. The summed E-state index contributed by atoms with van der Waals surface area (Å²) in [5.41, 5.74) is 5.53. The monoisotopic (exact) mass is 237 g/mol. The van der Waals surface area contributed by atoms with Gasteiger partial charge in [0, 0.05) is 45.1 Å². The predicted octanol–water partition coefficient (Wildman–Crippen LogP) is -0.150. The summed E-state index contributed by atoms with van der Waals surface area (Å²) in [6, 6.07) is 1.98. The van der Waals surface area contributed by atoms with Crippen LogP contribution in [0.3, 0.4) is 0 Å². The van der Waals surface area contributed by atoms with Crippen molar-refractivity contribution in [1.29, 1.82) is 0 Å².